The van der Waals surface area contributed by atoms with Crippen LogP contribution in [0.15, 0.2) is 35.3 Å². The van der Waals surface area contributed by atoms with E-state index in [1.165, 1.54) is 31.2 Å². The molecule has 1 aromatic carbocycles. The molecule has 1 aliphatic carbocycles. The number of aliphatic imine (C=N–C) groups is 1. The molecule has 27 heavy (non-hydrogen) atoms. The Labute approximate surface area is 163 Å². The Morgan fingerprint density at radius 3 is 2.74 bits per heavy atom. The van der Waals surface area contributed by atoms with Crippen LogP contribution < -0.4 is 10.6 Å². The molecular weight excluding hydrogens is 336 g/mol. The van der Waals surface area contributed by atoms with Gasteiger partial charge in [0, 0.05) is 45.1 Å². The van der Waals surface area contributed by atoms with Gasteiger partial charge in [0.05, 0.1) is 0 Å². The summed E-state index contributed by atoms with van der Waals surface area (Å²) >= 11 is 0. The van der Waals surface area contributed by atoms with E-state index in [2.05, 4.69) is 41.8 Å². The fraction of sp³-hybridized carbons (Fsp3) is 0.636. The Morgan fingerprint density at radius 1 is 1.19 bits per heavy atom. The quantitative estimate of drug-likeness (QED) is 0.378. The van der Waals surface area contributed by atoms with Crippen molar-refractivity contribution < 1.29 is 4.79 Å². The topological polar surface area (TPSA) is 56.7 Å². The first-order valence-corrected chi connectivity index (χ1v) is 10.6. The van der Waals surface area contributed by atoms with Gasteiger partial charge in [-0.3, -0.25) is 9.79 Å². The van der Waals surface area contributed by atoms with Gasteiger partial charge in [-0.1, -0.05) is 43.2 Å². The lowest BCUT2D eigenvalue weighted by Gasteiger charge is -2.16. The zero-order valence-corrected chi connectivity index (χ0v) is 16.6. The molecule has 1 amide bonds. The van der Waals surface area contributed by atoms with Crippen molar-refractivity contribution >= 4 is 11.9 Å². The number of benzene rings is 1. The molecule has 1 heterocycles. The molecule has 148 valence electrons. The maximum Gasteiger partial charge on any atom is 0.223 e. The highest BCUT2D eigenvalue weighted by molar-refractivity contribution is 5.80. The Balaban J connectivity index is 1.40. The third kappa shape index (κ3) is 6.89. The van der Waals surface area contributed by atoms with E-state index < -0.39 is 0 Å². The second kappa shape index (κ2) is 10.3. The summed E-state index contributed by atoms with van der Waals surface area (Å²) < 4.78 is 0. The molecule has 2 fully saturated rings. The van der Waals surface area contributed by atoms with Crippen molar-refractivity contribution in [1.29, 1.82) is 0 Å². The molecule has 2 aliphatic rings. The molecule has 1 aliphatic heterocycles. The Morgan fingerprint density at radius 2 is 2.00 bits per heavy atom. The second-order valence-electron chi connectivity index (χ2n) is 7.88. The van der Waals surface area contributed by atoms with Gasteiger partial charge in [-0.15, -0.1) is 0 Å². The number of nitrogens with zero attached hydrogens (tertiary/aromatic N) is 2. The second-order valence-corrected chi connectivity index (χ2v) is 7.88. The number of hydrogen-bond donors (Lipinski definition) is 2. The maximum absolute atomic E-state index is 12.3. The van der Waals surface area contributed by atoms with Gasteiger partial charge in [0.2, 0.25) is 5.91 Å². The maximum atomic E-state index is 12.3. The molecule has 0 aromatic heterocycles. The molecule has 1 saturated carbocycles. The molecule has 0 bridgehead atoms. The number of carbonyl (C=O) groups is 1. The smallest absolute Gasteiger partial charge is 0.223 e. The number of rotatable bonds is 10. The highest BCUT2D eigenvalue weighted by Crippen LogP contribution is 2.33. The summed E-state index contributed by atoms with van der Waals surface area (Å²) in [6.07, 6.45) is 6.94. The predicted molar refractivity (Wildman–Crippen MR) is 111 cm³/mol. The van der Waals surface area contributed by atoms with Gasteiger partial charge in [0.25, 0.3) is 0 Å². The van der Waals surface area contributed by atoms with Crippen molar-refractivity contribution in [2.24, 2.45) is 16.8 Å². The number of guanidine groups is 1. The molecule has 1 atom stereocenters. The van der Waals surface area contributed by atoms with E-state index in [-0.39, 0.29) is 5.91 Å². The third-order valence-corrected chi connectivity index (χ3v) is 5.44. The van der Waals surface area contributed by atoms with Crippen LogP contribution in [0.2, 0.25) is 0 Å². The largest absolute Gasteiger partial charge is 0.357 e. The van der Waals surface area contributed by atoms with Crippen LogP contribution in [0.4, 0.5) is 0 Å². The number of likely N-dealkylation sites (tertiary alicyclic amines) is 1. The van der Waals surface area contributed by atoms with Crippen molar-refractivity contribution in [2.75, 3.05) is 32.7 Å². The van der Waals surface area contributed by atoms with E-state index in [0.717, 1.165) is 44.5 Å². The van der Waals surface area contributed by atoms with Gasteiger partial charge >= 0.3 is 0 Å². The van der Waals surface area contributed by atoms with Gasteiger partial charge in [0.15, 0.2) is 5.96 Å². The van der Waals surface area contributed by atoms with Crippen LogP contribution in [0.25, 0.3) is 0 Å². The number of hydrogen-bond acceptors (Lipinski definition) is 2. The van der Waals surface area contributed by atoms with Gasteiger partial charge in [-0.2, -0.15) is 0 Å². The highest BCUT2D eigenvalue weighted by atomic mass is 16.2. The zero-order chi connectivity index (χ0) is 18.9. The van der Waals surface area contributed by atoms with Gasteiger partial charge < -0.3 is 15.5 Å². The van der Waals surface area contributed by atoms with Crippen LogP contribution in [0.3, 0.4) is 0 Å². The van der Waals surface area contributed by atoms with Gasteiger partial charge in [-0.25, -0.2) is 0 Å². The summed E-state index contributed by atoms with van der Waals surface area (Å²) in [6, 6.07) is 10.4. The fourth-order valence-electron chi connectivity index (χ4n) is 3.67. The van der Waals surface area contributed by atoms with Crippen LogP contribution in [-0.2, 0) is 11.2 Å². The van der Waals surface area contributed by atoms with Crippen molar-refractivity contribution in [3.05, 3.63) is 35.9 Å². The SMILES string of the molecule is CCNC(=NCC1CC(=O)N(CCc2ccccc2)C1)NCCCC1CC1. The molecule has 0 radical (unpaired) electrons. The molecule has 1 aromatic rings. The van der Waals surface area contributed by atoms with Crippen LogP contribution in [0.1, 0.15) is 44.6 Å². The summed E-state index contributed by atoms with van der Waals surface area (Å²) in [7, 11) is 0. The minimum atomic E-state index is 0.272. The van der Waals surface area contributed by atoms with E-state index in [4.69, 9.17) is 4.99 Å². The number of amides is 1. The summed E-state index contributed by atoms with van der Waals surface area (Å²) in [4.78, 5) is 19.0. The zero-order valence-electron chi connectivity index (χ0n) is 16.6. The lowest BCUT2D eigenvalue weighted by atomic mass is 10.1. The molecule has 3 rings (SSSR count). The van der Waals surface area contributed by atoms with E-state index in [0.29, 0.717) is 18.9 Å². The van der Waals surface area contributed by atoms with E-state index in [1.54, 1.807) is 0 Å². The number of carbonyl (C=O) groups excluding carboxylic acids is 1. The minimum absolute atomic E-state index is 0.272. The molecule has 1 saturated heterocycles. The third-order valence-electron chi connectivity index (χ3n) is 5.44. The van der Waals surface area contributed by atoms with Crippen molar-refractivity contribution in [3.63, 3.8) is 0 Å². The lowest BCUT2D eigenvalue weighted by Crippen LogP contribution is -2.38. The summed E-state index contributed by atoms with van der Waals surface area (Å²) in [6.45, 7) is 6.28. The van der Waals surface area contributed by atoms with Gasteiger partial charge in [-0.05, 0) is 37.7 Å². The minimum Gasteiger partial charge on any atom is -0.357 e. The standard InChI is InChI=1S/C22H34N4O/c1-2-23-22(24-13-6-9-19-10-11-19)25-16-20-15-21(27)26(17-20)14-12-18-7-4-3-5-8-18/h3-5,7-8,19-20H,2,6,9-17H2,1H3,(H2,23,24,25). The fourth-order valence-corrected chi connectivity index (χ4v) is 3.67. The molecule has 5 nitrogen and oxygen atoms in total. The predicted octanol–water partition coefficient (Wildman–Crippen LogP) is 2.82. The van der Waals surface area contributed by atoms with E-state index in [9.17, 15) is 4.79 Å². The summed E-state index contributed by atoms with van der Waals surface area (Å²) in [5.41, 5.74) is 1.29. The van der Waals surface area contributed by atoms with Crippen LogP contribution >= 0.6 is 0 Å². The first-order valence-electron chi connectivity index (χ1n) is 10.6. The van der Waals surface area contributed by atoms with E-state index in [1.807, 2.05) is 11.0 Å². The summed E-state index contributed by atoms with van der Waals surface area (Å²) in [5.74, 6) is 2.48. The first kappa shape index (κ1) is 19.7. The lowest BCUT2D eigenvalue weighted by molar-refractivity contribution is -0.127. The van der Waals surface area contributed by atoms with Crippen LogP contribution in [-0.4, -0.2) is 49.5 Å². The molecule has 5 heteroatoms. The Kier molecular flexibility index (Phi) is 7.55. The molecule has 1 unspecified atom stereocenters. The normalized spacial score (nSPS) is 20.2. The molecule has 0 spiro atoms. The molecule has 2 N–H and O–H groups in total. The van der Waals surface area contributed by atoms with Crippen molar-refractivity contribution in [3.8, 4) is 0 Å². The Hall–Kier alpha value is -2.04. The van der Waals surface area contributed by atoms with Crippen LogP contribution in [0.5, 0.6) is 0 Å². The molecular formula is C22H34N4O. The monoisotopic (exact) mass is 370 g/mol. The van der Waals surface area contributed by atoms with E-state index >= 15 is 0 Å². The average molecular weight is 371 g/mol. The van der Waals surface area contributed by atoms with Crippen molar-refractivity contribution in [1.82, 2.24) is 15.5 Å². The summed E-state index contributed by atoms with van der Waals surface area (Å²) in [5, 5.41) is 6.76. The number of nitrogens with one attached hydrogen (secondary N) is 2. The first-order chi connectivity index (χ1) is 13.2. The Bertz CT molecular complexity index is 612. The average Bonchev–Trinajstić information content (AvgIpc) is 3.44. The highest BCUT2D eigenvalue weighted by Gasteiger charge is 2.29. The van der Waals surface area contributed by atoms with Gasteiger partial charge in [0.1, 0.15) is 0 Å². The van der Waals surface area contributed by atoms with Crippen LogP contribution in [0, 0.1) is 11.8 Å². The van der Waals surface area contributed by atoms with Crippen molar-refractivity contribution in [2.45, 2.75) is 45.4 Å².